The predicted octanol–water partition coefficient (Wildman–Crippen LogP) is 3.95. The highest BCUT2D eigenvalue weighted by molar-refractivity contribution is 5.68. The zero-order valence-electron chi connectivity index (χ0n) is 21.1. The van der Waals surface area contributed by atoms with E-state index in [1.54, 1.807) is 13.2 Å². The van der Waals surface area contributed by atoms with Crippen LogP contribution in [0.15, 0.2) is 61.2 Å². The second kappa shape index (κ2) is 12.2. The van der Waals surface area contributed by atoms with Crippen molar-refractivity contribution in [1.82, 2.24) is 10.6 Å². The minimum Gasteiger partial charge on any atom is -0.497 e. The molecule has 1 amide bonds. The summed E-state index contributed by atoms with van der Waals surface area (Å²) < 4.78 is 16.9. The number of hydrogen-bond acceptors (Lipinski definition) is 6. The van der Waals surface area contributed by atoms with Crippen LogP contribution in [0.25, 0.3) is 0 Å². The smallest absolute Gasteiger partial charge is 0.407 e. The fourth-order valence-electron chi connectivity index (χ4n) is 4.30. The summed E-state index contributed by atoms with van der Waals surface area (Å²) in [5.41, 5.74) is 2.65. The summed E-state index contributed by atoms with van der Waals surface area (Å²) in [7, 11) is 1.64. The lowest BCUT2D eigenvalue weighted by atomic mass is 10.0. The van der Waals surface area contributed by atoms with Gasteiger partial charge in [-0.1, -0.05) is 42.5 Å². The van der Waals surface area contributed by atoms with E-state index in [-0.39, 0.29) is 18.7 Å². The van der Waals surface area contributed by atoms with Crippen LogP contribution < -0.4 is 15.4 Å². The first kappa shape index (κ1) is 26.7. The lowest BCUT2D eigenvalue weighted by Gasteiger charge is -2.29. The second-order valence-corrected chi connectivity index (χ2v) is 9.83. The molecule has 2 aromatic carbocycles. The van der Waals surface area contributed by atoms with Gasteiger partial charge in [-0.05, 0) is 56.0 Å². The summed E-state index contributed by atoms with van der Waals surface area (Å²) in [6.45, 7) is 9.88. The highest BCUT2D eigenvalue weighted by atomic mass is 16.6. The van der Waals surface area contributed by atoms with Crippen LogP contribution in [0.1, 0.15) is 43.5 Å². The molecule has 0 bridgehead atoms. The average Bonchev–Trinajstić information content (AvgIpc) is 3.16. The van der Waals surface area contributed by atoms with E-state index in [9.17, 15) is 9.90 Å². The van der Waals surface area contributed by atoms with Gasteiger partial charge in [-0.2, -0.15) is 0 Å². The monoisotopic (exact) mass is 482 g/mol. The molecular weight excluding hydrogens is 444 g/mol. The van der Waals surface area contributed by atoms with E-state index in [4.69, 9.17) is 14.2 Å². The normalized spacial score (nSPS) is 18.9. The molecule has 3 N–H and O–H groups in total. The lowest BCUT2D eigenvalue weighted by molar-refractivity contribution is 0.0358. The molecule has 1 aliphatic carbocycles. The van der Waals surface area contributed by atoms with Crippen molar-refractivity contribution < 1.29 is 24.1 Å². The minimum atomic E-state index is -0.863. The third-order valence-electron chi connectivity index (χ3n) is 5.92. The molecular formula is C28H38N2O5. The number of alkyl carbamates (subject to hydrolysis) is 1. The van der Waals surface area contributed by atoms with Crippen LogP contribution in [0.4, 0.5) is 4.79 Å². The third kappa shape index (κ3) is 7.82. The fraction of sp³-hybridized carbons (Fsp3) is 0.464. The van der Waals surface area contributed by atoms with Crippen molar-refractivity contribution >= 4 is 6.09 Å². The molecule has 190 valence electrons. The van der Waals surface area contributed by atoms with E-state index in [0.717, 1.165) is 23.3 Å². The topological polar surface area (TPSA) is 89.0 Å². The van der Waals surface area contributed by atoms with Crippen LogP contribution in [0.5, 0.6) is 5.75 Å². The van der Waals surface area contributed by atoms with Gasteiger partial charge in [0.2, 0.25) is 0 Å². The number of fused-ring (bicyclic) bond motifs is 1. The van der Waals surface area contributed by atoms with Gasteiger partial charge in [0.05, 0.1) is 38.0 Å². The molecule has 4 atom stereocenters. The summed E-state index contributed by atoms with van der Waals surface area (Å²) in [5.74, 6) is 0.772. The Morgan fingerprint density at radius 1 is 1.23 bits per heavy atom. The SMILES string of the molecule is C=CCO[C@@H]1Cc2ccc(OC)cc2[C@H]1NC[C@@H](O)[C@H](Cc1ccccc1)NC(=O)OC(C)(C)C. The van der Waals surface area contributed by atoms with E-state index >= 15 is 0 Å². The van der Waals surface area contributed by atoms with Crippen molar-refractivity contribution in [2.45, 2.75) is 63.5 Å². The van der Waals surface area contributed by atoms with Crippen LogP contribution in [0, 0.1) is 0 Å². The van der Waals surface area contributed by atoms with Gasteiger partial charge >= 0.3 is 6.09 Å². The molecule has 0 spiro atoms. The number of hydrogen-bond donors (Lipinski definition) is 3. The van der Waals surface area contributed by atoms with Gasteiger partial charge in [-0.15, -0.1) is 6.58 Å². The Hall–Kier alpha value is -2.87. The molecule has 7 heteroatoms. The number of carbonyl (C=O) groups excluding carboxylic acids is 1. The number of aliphatic hydroxyl groups excluding tert-OH is 1. The molecule has 0 radical (unpaired) electrons. The number of rotatable bonds is 11. The van der Waals surface area contributed by atoms with Crippen molar-refractivity contribution in [3.63, 3.8) is 0 Å². The molecule has 0 aliphatic heterocycles. The van der Waals surface area contributed by atoms with E-state index in [1.165, 1.54) is 5.56 Å². The maximum absolute atomic E-state index is 12.5. The van der Waals surface area contributed by atoms with Crippen molar-refractivity contribution in [1.29, 1.82) is 0 Å². The maximum atomic E-state index is 12.5. The number of benzene rings is 2. The Balaban J connectivity index is 1.74. The number of nitrogens with one attached hydrogen (secondary N) is 2. The first-order valence-electron chi connectivity index (χ1n) is 12.0. The van der Waals surface area contributed by atoms with Gasteiger partial charge in [0.15, 0.2) is 0 Å². The number of methoxy groups -OCH3 is 1. The molecule has 1 aliphatic rings. The maximum Gasteiger partial charge on any atom is 0.407 e. The van der Waals surface area contributed by atoms with Crippen molar-refractivity contribution in [2.75, 3.05) is 20.3 Å². The quantitative estimate of drug-likeness (QED) is 0.420. The molecule has 2 aromatic rings. The standard InChI is InChI=1S/C28H38N2O5/c1-6-14-34-25-16-20-12-13-21(33-5)17-22(20)26(25)29-18-24(31)23(15-19-10-8-7-9-11-19)30-27(32)35-28(2,3)4/h6-13,17,23-26,29,31H,1,14-16,18H2,2-5H3,(H,30,32)/t23-,24+,25+,26+/m0/s1. The van der Waals surface area contributed by atoms with Gasteiger partial charge in [0, 0.05) is 13.0 Å². The largest absolute Gasteiger partial charge is 0.497 e. The number of carbonyl (C=O) groups is 1. The van der Waals surface area contributed by atoms with Crippen molar-refractivity contribution in [2.24, 2.45) is 0 Å². The first-order chi connectivity index (χ1) is 16.7. The van der Waals surface area contributed by atoms with E-state index < -0.39 is 23.8 Å². The zero-order chi connectivity index (χ0) is 25.4. The molecule has 0 saturated heterocycles. The molecule has 0 aromatic heterocycles. The molecule has 0 fully saturated rings. The summed E-state index contributed by atoms with van der Waals surface area (Å²) in [4.78, 5) is 12.5. The lowest BCUT2D eigenvalue weighted by Crippen LogP contribution is -2.50. The Labute approximate surface area is 208 Å². The van der Waals surface area contributed by atoms with E-state index in [0.29, 0.717) is 13.0 Å². The van der Waals surface area contributed by atoms with Crippen LogP contribution in [0.3, 0.4) is 0 Å². The summed E-state index contributed by atoms with van der Waals surface area (Å²) in [6, 6.07) is 15.1. The Bertz CT molecular complexity index is 973. The van der Waals surface area contributed by atoms with E-state index in [1.807, 2.05) is 63.2 Å². The molecule has 0 unspecified atom stereocenters. The highest BCUT2D eigenvalue weighted by Crippen LogP contribution is 2.36. The first-order valence-corrected chi connectivity index (χ1v) is 12.0. The summed E-state index contributed by atoms with van der Waals surface area (Å²) >= 11 is 0. The second-order valence-electron chi connectivity index (χ2n) is 9.83. The van der Waals surface area contributed by atoms with Crippen molar-refractivity contribution in [3.8, 4) is 5.75 Å². The molecule has 0 saturated carbocycles. The molecule has 7 nitrogen and oxygen atoms in total. The highest BCUT2D eigenvalue weighted by Gasteiger charge is 2.34. The van der Waals surface area contributed by atoms with E-state index in [2.05, 4.69) is 23.3 Å². The minimum absolute atomic E-state index is 0.103. The Morgan fingerprint density at radius 2 is 1.97 bits per heavy atom. The molecule has 0 heterocycles. The van der Waals surface area contributed by atoms with Gasteiger partial charge in [-0.3, -0.25) is 0 Å². The van der Waals surface area contributed by atoms with Gasteiger partial charge in [0.25, 0.3) is 0 Å². The van der Waals surface area contributed by atoms with Crippen LogP contribution in [0.2, 0.25) is 0 Å². The van der Waals surface area contributed by atoms with Gasteiger partial charge < -0.3 is 30.0 Å². The molecule has 3 rings (SSSR count). The number of aliphatic hydroxyl groups is 1. The number of ether oxygens (including phenoxy) is 3. The number of amides is 1. The predicted molar refractivity (Wildman–Crippen MR) is 137 cm³/mol. The summed E-state index contributed by atoms with van der Waals surface area (Å²) in [5, 5.41) is 17.5. The fourth-order valence-corrected chi connectivity index (χ4v) is 4.30. The van der Waals surface area contributed by atoms with Crippen LogP contribution in [-0.2, 0) is 22.3 Å². The molecule has 35 heavy (non-hydrogen) atoms. The van der Waals surface area contributed by atoms with Gasteiger partial charge in [-0.25, -0.2) is 4.79 Å². The Kier molecular flexibility index (Phi) is 9.32. The summed E-state index contributed by atoms with van der Waals surface area (Å²) in [6.07, 6.45) is 1.43. The van der Waals surface area contributed by atoms with Crippen LogP contribution in [-0.4, -0.2) is 55.3 Å². The van der Waals surface area contributed by atoms with Gasteiger partial charge in [0.1, 0.15) is 11.4 Å². The van der Waals surface area contributed by atoms with Crippen molar-refractivity contribution in [3.05, 3.63) is 77.9 Å². The third-order valence-corrected chi connectivity index (χ3v) is 5.92. The van der Waals surface area contributed by atoms with Crippen LogP contribution >= 0.6 is 0 Å². The zero-order valence-corrected chi connectivity index (χ0v) is 21.1. The Morgan fingerprint density at radius 3 is 2.63 bits per heavy atom. The average molecular weight is 483 g/mol.